The van der Waals surface area contributed by atoms with E-state index in [2.05, 4.69) is 25.3 Å². The molecule has 0 spiro atoms. The van der Waals surface area contributed by atoms with Crippen LogP contribution < -0.4 is 10.6 Å². The Bertz CT molecular complexity index is 582. The molecule has 1 aromatic carbocycles. The minimum atomic E-state index is -4.29. The van der Waals surface area contributed by atoms with Crippen molar-refractivity contribution in [2.75, 3.05) is 39.8 Å². The van der Waals surface area contributed by atoms with Crippen LogP contribution in [0.2, 0.25) is 0 Å². The molecule has 1 aliphatic heterocycles. The van der Waals surface area contributed by atoms with Crippen LogP contribution in [0, 0.1) is 0 Å². The predicted molar refractivity (Wildman–Crippen MR) is 105 cm³/mol. The molecule has 1 aromatic rings. The molecule has 5 nitrogen and oxygen atoms in total. The van der Waals surface area contributed by atoms with Gasteiger partial charge in [-0.3, -0.25) is 4.99 Å². The van der Waals surface area contributed by atoms with Crippen LogP contribution >= 0.6 is 0 Å². The summed E-state index contributed by atoms with van der Waals surface area (Å²) in [5.41, 5.74) is 1.74. The Morgan fingerprint density at radius 3 is 2.29 bits per heavy atom. The van der Waals surface area contributed by atoms with Crippen molar-refractivity contribution in [1.29, 1.82) is 0 Å². The van der Waals surface area contributed by atoms with E-state index < -0.39 is 12.8 Å². The summed E-state index contributed by atoms with van der Waals surface area (Å²) in [6, 6.07) is 7.32. The molecule has 2 N–H and O–H groups in total. The van der Waals surface area contributed by atoms with E-state index in [9.17, 15) is 13.2 Å². The highest BCUT2D eigenvalue weighted by Crippen LogP contribution is 2.16. The molecule has 0 atom stereocenters. The van der Waals surface area contributed by atoms with E-state index in [-0.39, 0.29) is 6.61 Å². The molecule has 0 unspecified atom stereocenters. The number of nitrogens with zero attached hydrogens (tertiary/aromatic N) is 2. The minimum absolute atomic E-state index is 0.0487. The van der Waals surface area contributed by atoms with Crippen LogP contribution in [0.15, 0.2) is 29.3 Å². The van der Waals surface area contributed by atoms with Gasteiger partial charge in [0.15, 0.2) is 5.96 Å². The third-order valence-corrected chi connectivity index (χ3v) is 4.66. The average molecular weight is 400 g/mol. The van der Waals surface area contributed by atoms with Crippen LogP contribution in [0.3, 0.4) is 0 Å². The van der Waals surface area contributed by atoms with Crippen molar-refractivity contribution in [2.24, 2.45) is 4.99 Å². The maximum atomic E-state index is 12.1. The van der Waals surface area contributed by atoms with Crippen molar-refractivity contribution < 1.29 is 17.9 Å². The summed E-state index contributed by atoms with van der Waals surface area (Å²) in [6.07, 6.45) is 0.940. The monoisotopic (exact) mass is 400 g/mol. The maximum absolute atomic E-state index is 12.1. The van der Waals surface area contributed by atoms with Crippen LogP contribution in [-0.4, -0.2) is 56.9 Å². The Hall–Kier alpha value is -1.80. The van der Waals surface area contributed by atoms with E-state index in [1.807, 2.05) is 12.1 Å². The number of aliphatic imine (C=N–C) groups is 1. The first-order chi connectivity index (χ1) is 13.5. The van der Waals surface area contributed by atoms with E-state index >= 15 is 0 Å². The molecule has 0 aliphatic carbocycles. The highest BCUT2D eigenvalue weighted by atomic mass is 19.4. The fraction of sp³-hybridized carbons (Fsp3) is 0.650. The standard InChI is InChI=1S/C20H31F3N4O/c1-24-19(25-10-13-27-11-4-2-3-5-12-27)26-14-17-6-8-18(9-7-17)15-28-16-20(21,22)23/h6-9H,2-5,10-16H2,1H3,(H2,24,25,26). The lowest BCUT2D eigenvalue weighted by molar-refractivity contribution is -0.176. The number of halogens is 3. The molecule has 1 heterocycles. The van der Waals surface area contributed by atoms with Gasteiger partial charge < -0.3 is 20.3 Å². The van der Waals surface area contributed by atoms with E-state index in [0.29, 0.717) is 12.1 Å². The number of benzene rings is 1. The largest absolute Gasteiger partial charge is 0.411 e. The molecular weight excluding hydrogens is 369 g/mol. The first-order valence-corrected chi connectivity index (χ1v) is 9.85. The van der Waals surface area contributed by atoms with E-state index in [4.69, 9.17) is 0 Å². The summed E-state index contributed by atoms with van der Waals surface area (Å²) in [6.45, 7) is 3.51. The molecule has 8 heteroatoms. The predicted octanol–water partition coefficient (Wildman–Crippen LogP) is 3.31. The van der Waals surface area contributed by atoms with E-state index in [1.165, 1.54) is 38.8 Å². The number of hydrogen-bond donors (Lipinski definition) is 2. The quantitative estimate of drug-likeness (QED) is 0.519. The molecule has 158 valence electrons. The second kappa shape index (κ2) is 11.9. The van der Waals surface area contributed by atoms with Crippen LogP contribution in [0.4, 0.5) is 13.2 Å². The summed E-state index contributed by atoms with van der Waals surface area (Å²) < 4.78 is 40.9. The number of rotatable bonds is 8. The molecule has 2 rings (SSSR count). The van der Waals surface area contributed by atoms with Crippen molar-refractivity contribution in [3.63, 3.8) is 0 Å². The molecular formula is C20H31F3N4O. The van der Waals surface area contributed by atoms with Crippen molar-refractivity contribution in [1.82, 2.24) is 15.5 Å². The summed E-state index contributed by atoms with van der Waals surface area (Å²) in [5, 5.41) is 6.59. The Balaban J connectivity index is 1.66. The Morgan fingerprint density at radius 2 is 1.68 bits per heavy atom. The molecule has 0 radical (unpaired) electrons. The van der Waals surface area contributed by atoms with Gasteiger partial charge in [-0.15, -0.1) is 0 Å². The normalized spacial score (nSPS) is 16.6. The minimum Gasteiger partial charge on any atom is -0.367 e. The van der Waals surface area contributed by atoms with Crippen LogP contribution in [0.1, 0.15) is 36.8 Å². The highest BCUT2D eigenvalue weighted by Gasteiger charge is 2.27. The number of likely N-dealkylation sites (tertiary alicyclic amines) is 1. The SMILES string of the molecule is CN=C(NCCN1CCCCCC1)NCc1ccc(COCC(F)(F)F)cc1. The number of alkyl halides is 3. The Morgan fingerprint density at radius 1 is 1.04 bits per heavy atom. The van der Waals surface area contributed by atoms with Crippen molar-refractivity contribution in [3.8, 4) is 0 Å². The molecule has 0 saturated carbocycles. The molecule has 0 aromatic heterocycles. The van der Waals surface area contributed by atoms with Gasteiger partial charge in [0.05, 0.1) is 6.61 Å². The van der Waals surface area contributed by atoms with Gasteiger partial charge in [0, 0.05) is 26.7 Å². The van der Waals surface area contributed by atoms with Crippen molar-refractivity contribution >= 4 is 5.96 Å². The molecule has 1 saturated heterocycles. The van der Waals surface area contributed by atoms with E-state index in [0.717, 1.165) is 24.6 Å². The van der Waals surface area contributed by atoms with Crippen LogP contribution in [-0.2, 0) is 17.9 Å². The molecule has 28 heavy (non-hydrogen) atoms. The van der Waals surface area contributed by atoms with Gasteiger partial charge in [-0.25, -0.2) is 0 Å². The lowest BCUT2D eigenvalue weighted by atomic mass is 10.1. The molecule has 0 amide bonds. The van der Waals surface area contributed by atoms with Crippen molar-refractivity contribution in [3.05, 3.63) is 35.4 Å². The number of nitrogens with one attached hydrogen (secondary N) is 2. The summed E-state index contributed by atoms with van der Waals surface area (Å²) in [5.74, 6) is 0.743. The summed E-state index contributed by atoms with van der Waals surface area (Å²) in [4.78, 5) is 6.73. The summed E-state index contributed by atoms with van der Waals surface area (Å²) in [7, 11) is 1.74. The third-order valence-electron chi connectivity index (χ3n) is 4.66. The lowest BCUT2D eigenvalue weighted by Crippen LogP contribution is -2.41. The molecule has 1 fully saturated rings. The maximum Gasteiger partial charge on any atom is 0.411 e. The highest BCUT2D eigenvalue weighted by molar-refractivity contribution is 5.79. The van der Waals surface area contributed by atoms with Gasteiger partial charge >= 0.3 is 6.18 Å². The van der Waals surface area contributed by atoms with Gasteiger partial charge in [0.1, 0.15) is 6.61 Å². The third kappa shape index (κ3) is 9.41. The molecule has 0 bridgehead atoms. The van der Waals surface area contributed by atoms with E-state index in [1.54, 1.807) is 19.2 Å². The number of guanidine groups is 1. The Kier molecular flexibility index (Phi) is 9.57. The second-order valence-corrected chi connectivity index (χ2v) is 7.03. The van der Waals surface area contributed by atoms with Crippen LogP contribution in [0.5, 0.6) is 0 Å². The summed E-state index contributed by atoms with van der Waals surface area (Å²) >= 11 is 0. The average Bonchev–Trinajstić information content (AvgIpc) is 2.93. The Labute approximate surface area is 165 Å². The van der Waals surface area contributed by atoms with Crippen LogP contribution in [0.25, 0.3) is 0 Å². The van der Waals surface area contributed by atoms with Gasteiger partial charge in [0.2, 0.25) is 0 Å². The zero-order chi connectivity index (χ0) is 20.2. The smallest absolute Gasteiger partial charge is 0.367 e. The first kappa shape index (κ1) is 22.5. The topological polar surface area (TPSA) is 48.9 Å². The van der Waals surface area contributed by atoms with Gasteiger partial charge in [0.25, 0.3) is 0 Å². The zero-order valence-electron chi connectivity index (χ0n) is 16.5. The fourth-order valence-corrected chi connectivity index (χ4v) is 3.14. The van der Waals surface area contributed by atoms with Crippen molar-refractivity contribution in [2.45, 2.75) is 45.0 Å². The zero-order valence-corrected chi connectivity index (χ0v) is 16.5. The van der Waals surface area contributed by atoms with Gasteiger partial charge in [-0.05, 0) is 37.1 Å². The lowest BCUT2D eigenvalue weighted by Gasteiger charge is -2.20. The van der Waals surface area contributed by atoms with Gasteiger partial charge in [-0.2, -0.15) is 13.2 Å². The second-order valence-electron chi connectivity index (χ2n) is 7.03. The molecule has 1 aliphatic rings. The fourth-order valence-electron chi connectivity index (χ4n) is 3.14. The van der Waals surface area contributed by atoms with Gasteiger partial charge in [-0.1, -0.05) is 37.1 Å². The number of ether oxygens (including phenoxy) is 1. The first-order valence-electron chi connectivity index (χ1n) is 9.85. The number of hydrogen-bond acceptors (Lipinski definition) is 3.